The van der Waals surface area contributed by atoms with Crippen LogP contribution in [0.15, 0.2) is 36.5 Å². The highest BCUT2D eigenvalue weighted by atomic mass is 16.6. The Morgan fingerprint density at radius 1 is 1.23 bits per heavy atom. The zero-order valence-corrected chi connectivity index (χ0v) is 20.1. The summed E-state index contributed by atoms with van der Waals surface area (Å²) < 4.78 is 1.81. The first-order chi connectivity index (χ1) is 17.0. The number of piperidine rings is 1. The predicted octanol–water partition coefficient (Wildman–Crippen LogP) is 2.52. The van der Waals surface area contributed by atoms with Gasteiger partial charge in [-0.1, -0.05) is 12.1 Å². The van der Waals surface area contributed by atoms with Crippen LogP contribution < -0.4 is 10.8 Å². The summed E-state index contributed by atoms with van der Waals surface area (Å²) in [5.41, 5.74) is 2.41. The molecule has 1 aromatic carbocycles. The number of likely N-dealkylation sites (tertiary alicyclic amines) is 1. The van der Waals surface area contributed by atoms with Crippen LogP contribution >= 0.6 is 0 Å². The van der Waals surface area contributed by atoms with E-state index in [2.05, 4.69) is 20.3 Å². The number of hydrogen-bond donors (Lipinski definition) is 2. The molecule has 8 nitrogen and oxygen atoms in total. The van der Waals surface area contributed by atoms with Crippen molar-refractivity contribution in [3.8, 4) is 17.0 Å². The summed E-state index contributed by atoms with van der Waals surface area (Å²) in [5, 5.41) is 31.1. The molecule has 3 aliphatic rings. The Kier molecular flexibility index (Phi) is 5.94. The first kappa shape index (κ1) is 22.8. The second kappa shape index (κ2) is 9.11. The molecule has 2 aliphatic heterocycles. The fourth-order valence-corrected chi connectivity index (χ4v) is 5.79. The maximum atomic E-state index is 12.7. The van der Waals surface area contributed by atoms with Crippen LogP contribution in [0, 0.1) is 17.0 Å². The van der Waals surface area contributed by atoms with Crippen LogP contribution in [0.3, 0.4) is 0 Å². The fraction of sp³-hybridized carbons (Fsp3) is 0.538. The van der Waals surface area contributed by atoms with Crippen molar-refractivity contribution in [3.05, 3.63) is 41.7 Å². The van der Waals surface area contributed by atoms with E-state index in [0.717, 1.165) is 51.5 Å². The van der Waals surface area contributed by atoms with E-state index in [9.17, 15) is 10.3 Å². The summed E-state index contributed by atoms with van der Waals surface area (Å²) in [7, 11) is 6.14. The van der Waals surface area contributed by atoms with E-state index in [1.54, 1.807) is 22.8 Å². The Hall–Kier alpha value is -2.62. The van der Waals surface area contributed by atoms with Crippen LogP contribution in [0.4, 0.5) is 5.82 Å². The number of nitrogens with zero attached hydrogens (tertiary/aromatic N) is 5. The van der Waals surface area contributed by atoms with Gasteiger partial charge in [-0.3, -0.25) is 0 Å². The molecular formula is C26H33BN6O2. The molecular weight excluding hydrogens is 439 g/mol. The molecule has 0 bridgehead atoms. The van der Waals surface area contributed by atoms with Crippen molar-refractivity contribution >= 4 is 24.8 Å². The first-order valence-corrected chi connectivity index (χ1v) is 13.0. The average Bonchev–Trinajstić information content (AvgIpc) is 3.79. The summed E-state index contributed by atoms with van der Waals surface area (Å²) >= 11 is 0. The molecule has 2 aromatic heterocycles. The smallest absolute Gasteiger partial charge is 0.150 e. The number of nitrogens with one attached hydrogen (secondary N) is 1. The topological polar surface area (TPSA) is 88.8 Å². The molecule has 0 amide bonds. The van der Waals surface area contributed by atoms with Gasteiger partial charge in [0, 0.05) is 49.8 Å². The van der Waals surface area contributed by atoms with Gasteiger partial charge in [0.1, 0.15) is 32.5 Å². The van der Waals surface area contributed by atoms with E-state index in [1.807, 2.05) is 18.2 Å². The molecule has 1 aliphatic carbocycles. The number of fused-ring (bicyclic) bond motifs is 1. The molecule has 2 N–H and O–H groups in total. The standard InChI is InChI=1S/C26H33BN6O2/c27-21-16-29-32-25(14-22(30-26(21)32)20-5-1-2-6-24(20)34)28-15-18-4-3-10-31(17-18)11-9-23(19-7-8-19)33(35)12-13-33/h1-2,5-6,14,16,18-19,23,28,34H,3-4,7-13,15,17H2. The summed E-state index contributed by atoms with van der Waals surface area (Å²) in [5.74, 6) is 2.19. The Balaban J connectivity index is 1.13. The van der Waals surface area contributed by atoms with Crippen LogP contribution in [-0.4, -0.2) is 82.4 Å². The SMILES string of the molecule is [B]c1cnn2c(NCC3CCCN(CCC(C4CC4)[N+]4([O-])CC4)C3)cc(-c3ccccc3O)nc12. The van der Waals surface area contributed by atoms with E-state index >= 15 is 0 Å². The van der Waals surface area contributed by atoms with Crippen molar-refractivity contribution in [1.29, 1.82) is 0 Å². The van der Waals surface area contributed by atoms with Gasteiger partial charge in [-0.2, -0.15) is 9.61 Å². The van der Waals surface area contributed by atoms with Crippen molar-refractivity contribution in [1.82, 2.24) is 19.5 Å². The second-order valence-corrected chi connectivity index (χ2v) is 10.7. The normalized spacial score (nSPS) is 22.8. The highest BCUT2D eigenvalue weighted by molar-refractivity contribution is 6.36. The van der Waals surface area contributed by atoms with Crippen molar-refractivity contribution in [2.45, 2.75) is 38.1 Å². The third-order valence-electron chi connectivity index (χ3n) is 8.03. The van der Waals surface area contributed by atoms with Crippen molar-refractivity contribution in [2.75, 3.05) is 44.6 Å². The number of benzene rings is 1. The number of hydroxylamine groups is 3. The summed E-state index contributed by atoms with van der Waals surface area (Å²) in [6.45, 7) is 5.68. The van der Waals surface area contributed by atoms with Gasteiger partial charge in [0.15, 0.2) is 5.65 Å². The van der Waals surface area contributed by atoms with Crippen molar-refractivity contribution < 1.29 is 9.75 Å². The van der Waals surface area contributed by atoms with Crippen LogP contribution in [0.1, 0.15) is 32.1 Å². The van der Waals surface area contributed by atoms with Gasteiger partial charge >= 0.3 is 0 Å². The molecule has 182 valence electrons. The van der Waals surface area contributed by atoms with E-state index in [-0.39, 0.29) is 10.4 Å². The number of quaternary nitrogens is 1. The zero-order valence-electron chi connectivity index (χ0n) is 20.1. The number of aromatic nitrogens is 3. The van der Waals surface area contributed by atoms with Gasteiger partial charge < -0.3 is 25.2 Å². The molecule has 4 heterocycles. The molecule has 3 aromatic rings. The molecule has 3 fully saturated rings. The lowest BCUT2D eigenvalue weighted by molar-refractivity contribution is -0.778. The third kappa shape index (κ3) is 4.77. The largest absolute Gasteiger partial charge is 0.632 e. The van der Waals surface area contributed by atoms with E-state index in [4.69, 9.17) is 7.85 Å². The molecule has 2 radical (unpaired) electrons. The van der Waals surface area contributed by atoms with Gasteiger partial charge in [-0.15, -0.1) is 0 Å². The van der Waals surface area contributed by atoms with E-state index in [0.29, 0.717) is 40.2 Å². The maximum Gasteiger partial charge on any atom is 0.150 e. The number of hydrogen-bond acceptors (Lipinski definition) is 6. The summed E-state index contributed by atoms with van der Waals surface area (Å²) in [6.07, 6.45) is 7.51. The molecule has 2 unspecified atom stereocenters. The predicted molar refractivity (Wildman–Crippen MR) is 138 cm³/mol. The van der Waals surface area contributed by atoms with Crippen molar-refractivity contribution in [2.24, 2.45) is 11.8 Å². The number of aromatic hydroxyl groups is 1. The minimum Gasteiger partial charge on any atom is -0.632 e. The molecule has 2 saturated heterocycles. The van der Waals surface area contributed by atoms with Gasteiger partial charge in [0.2, 0.25) is 0 Å². The number of phenols is 1. The summed E-state index contributed by atoms with van der Waals surface area (Å²) in [6, 6.07) is 9.45. The number of para-hydroxylation sites is 1. The quantitative estimate of drug-likeness (QED) is 0.215. The van der Waals surface area contributed by atoms with Crippen LogP contribution in [-0.2, 0) is 0 Å². The highest BCUT2D eigenvalue weighted by Crippen LogP contribution is 2.43. The Labute approximate surface area is 207 Å². The number of rotatable bonds is 9. The van der Waals surface area contributed by atoms with Crippen LogP contribution in [0.5, 0.6) is 5.75 Å². The molecule has 2 atom stereocenters. The Morgan fingerprint density at radius 3 is 2.83 bits per heavy atom. The number of phenolic OH excluding ortho intramolecular Hbond substituents is 1. The maximum absolute atomic E-state index is 12.7. The van der Waals surface area contributed by atoms with Gasteiger partial charge in [-0.25, -0.2) is 4.98 Å². The van der Waals surface area contributed by atoms with Crippen LogP contribution in [0.2, 0.25) is 0 Å². The molecule has 6 rings (SSSR count). The van der Waals surface area contributed by atoms with E-state index < -0.39 is 0 Å². The second-order valence-electron chi connectivity index (χ2n) is 10.7. The van der Waals surface area contributed by atoms with E-state index in [1.165, 1.54) is 25.7 Å². The third-order valence-corrected chi connectivity index (χ3v) is 8.03. The van der Waals surface area contributed by atoms with Crippen LogP contribution in [0.25, 0.3) is 16.9 Å². The fourth-order valence-electron chi connectivity index (χ4n) is 5.79. The minimum atomic E-state index is 0.0772. The van der Waals surface area contributed by atoms with Gasteiger partial charge in [0.05, 0.1) is 11.7 Å². The lowest BCUT2D eigenvalue weighted by atomic mass is 9.97. The average molecular weight is 472 g/mol. The monoisotopic (exact) mass is 472 g/mol. The number of anilines is 1. The highest BCUT2D eigenvalue weighted by Gasteiger charge is 2.48. The minimum absolute atomic E-state index is 0.0772. The molecule has 9 heteroatoms. The summed E-state index contributed by atoms with van der Waals surface area (Å²) in [4.78, 5) is 7.22. The first-order valence-electron chi connectivity index (χ1n) is 13.0. The van der Waals surface area contributed by atoms with Gasteiger partial charge in [0.25, 0.3) is 0 Å². The van der Waals surface area contributed by atoms with Crippen molar-refractivity contribution in [3.63, 3.8) is 0 Å². The Morgan fingerprint density at radius 2 is 2.06 bits per heavy atom. The molecule has 35 heavy (non-hydrogen) atoms. The lowest BCUT2D eigenvalue weighted by Gasteiger charge is -2.36. The zero-order chi connectivity index (χ0) is 24.0. The lowest BCUT2D eigenvalue weighted by Crippen LogP contribution is -2.42. The Bertz CT molecular complexity index is 1210. The molecule has 0 spiro atoms. The molecule has 1 saturated carbocycles. The van der Waals surface area contributed by atoms with Gasteiger partial charge in [-0.05, 0) is 55.7 Å².